The van der Waals surface area contributed by atoms with E-state index in [0.717, 1.165) is 37.1 Å². The average Bonchev–Trinajstić information content (AvgIpc) is 2.94. The third kappa shape index (κ3) is 2.18. The summed E-state index contributed by atoms with van der Waals surface area (Å²) in [7, 11) is 0. The molecular formula is C20H22N2O. The summed E-state index contributed by atoms with van der Waals surface area (Å²) in [6, 6.07) is 10.3. The van der Waals surface area contributed by atoms with Gasteiger partial charge in [-0.1, -0.05) is 42.8 Å². The lowest BCUT2D eigenvalue weighted by molar-refractivity contribution is -0.125. The van der Waals surface area contributed by atoms with E-state index in [1.165, 1.54) is 11.3 Å². The van der Waals surface area contributed by atoms with Crippen molar-refractivity contribution in [3.63, 3.8) is 0 Å². The Labute approximate surface area is 137 Å². The summed E-state index contributed by atoms with van der Waals surface area (Å²) in [5, 5.41) is 0. The van der Waals surface area contributed by atoms with E-state index in [4.69, 9.17) is 0 Å². The molecule has 2 atom stereocenters. The molecule has 1 aliphatic heterocycles. The molecule has 4 rings (SSSR count). The Morgan fingerprint density at radius 1 is 1.30 bits per heavy atom. The highest BCUT2D eigenvalue weighted by Crippen LogP contribution is 2.50. The molecule has 0 bridgehead atoms. The Hall–Kier alpha value is -2.16. The van der Waals surface area contributed by atoms with E-state index in [1.807, 2.05) is 24.5 Å². The molecule has 1 aromatic carbocycles. The second-order valence-corrected chi connectivity index (χ2v) is 7.11. The minimum Gasteiger partial charge on any atom is -0.330 e. The SMILES string of the molecule is CC(=O)[C@H]1CCCC2=Cc3c(-c4ccccc4)ncn3C[C@@]21C. The zero-order chi connectivity index (χ0) is 16.0. The molecule has 0 N–H and O–H groups in total. The van der Waals surface area contributed by atoms with Crippen LogP contribution in [0.15, 0.2) is 42.2 Å². The largest absolute Gasteiger partial charge is 0.330 e. The molecule has 3 heteroatoms. The first kappa shape index (κ1) is 14.4. The van der Waals surface area contributed by atoms with Crippen LogP contribution in [0.3, 0.4) is 0 Å². The van der Waals surface area contributed by atoms with E-state index in [9.17, 15) is 4.79 Å². The van der Waals surface area contributed by atoms with Crippen LogP contribution >= 0.6 is 0 Å². The van der Waals surface area contributed by atoms with Gasteiger partial charge in [-0.05, 0) is 32.3 Å². The lowest BCUT2D eigenvalue weighted by atomic mass is 9.62. The number of ketones is 1. The van der Waals surface area contributed by atoms with Crippen molar-refractivity contribution < 1.29 is 4.79 Å². The van der Waals surface area contributed by atoms with Crippen LogP contribution in [-0.4, -0.2) is 15.3 Å². The summed E-state index contributed by atoms with van der Waals surface area (Å²) < 4.78 is 2.23. The van der Waals surface area contributed by atoms with Crippen LogP contribution in [0.1, 0.15) is 38.8 Å². The first-order chi connectivity index (χ1) is 11.1. The minimum atomic E-state index is -0.0499. The highest BCUT2D eigenvalue weighted by Gasteiger charge is 2.45. The monoisotopic (exact) mass is 306 g/mol. The number of carbonyl (C=O) groups is 1. The highest BCUT2D eigenvalue weighted by atomic mass is 16.1. The molecule has 0 unspecified atom stereocenters. The standard InChI is InChI=1S/C20H22N2O/c1-14(23)17-10-6-9-16-11-18-19(15-7-4-3-5-8-15)21-13-22(18)12-20(16,17)2/h3-5,7-8,11,13,17H,6,9-10,12H2,1-2H3/t17-,20+/m1/s1. The number of carbonyl (C=O) groups excluding carboxylic acids is 1. The van der Waals surface area contributed by atoms with Gasteiger partial charge in [-0.2, -0.15) is 0 Å². The first-order valence-corrected chi connectivity index (χ1v) is 8.41. The van der Waals surface area contributed by atoms with Crippen LogP contribution in [0.5, 0.6) is 0 Å². The van der Waals surface area contributed by atoms with Crippen molar-refractivity contribution >= 4 is 11.9 Å². The van der Waals surface area contributed by atoms with Gasteiger partial charge in [0, 0.05) is 23.4 Å². The molecule has 2 heterocycles. The zero-order valence-electron chi connectivity index (χ0n) is 13.7. The van der Waals surface area contributed by atoms with Crippen molar-refractivity contribution in [1.82, 2.24) is 9.55 Å². The van der Waals surface area contributed by atoms with Gasteiger partial charge in [0.15, 0.2) is 0 Å². The van der Waals surface area contributed by atoms with Gasteiger partial charge in [0.25, 0.3) is 0 Å². The number of hydrogen-bond donors (Lipinski definition) is 0. The van der Waals surface area contributed by atoms with Crippen LogP contribution < -0.4 is 0 Å². The molecule has 23 heavy (non-hydrogen) atoms. The van der Waals surface area contributed by atoms with Crippen LogP contribution in [0, 0.1) is 11.3 Å². The topological polar surface area (TPSA) is 34.9 Å². The number of allylic oxidation sites excluding steroid dienone is 1. The van der Waals surface area contributed by atoms with Gasteiger partial charge in [0.2, 0.25) is 0 Å². The van der Waals surface area contributed by atoms with E-state index >= 15 is 0 Å². The van der Waals surface area contributed by atoms with Gasteiger partial charge in [0.05, 0.1) is 17.7 Å². The fourth-order valence-electron chi connectivity index (χ4n) is 4.43. The molecule has 2 aliphatic rings. The zero-order valence-corrected chi connectivity index (χ0v) is 13.7. The summed E-state index contributed by atoms with van der Waals surface area (Å²) in [4.78, 5) is 16.8. The van der Waals surface area contributed by atoms with E-state index in [0.29, 0.717) is 5.78 Å². The maximum absolute atomic E-state index is 12.1. The first-order valence-electron chi connectivity index (χ1n) is 8.41. The van der Waals surface area contributed by atoms with E-state index in [2.05, 4.69) is 34.7 Å². The smallest absolute Gasteiger partial charge is 0.133 e. The molecule has 0 amide bonds. The normalized spacial score (nSPS) is 26.2. The quantitative estimate of drug-likeness (QED) is 0.827. The summed E-state index contributed by atoms with van der Waals surface area (Å²) in [6.07, 6.45) is 7.45. The molecule has 0 spiro atoms. The second-order valence-electron chi connectivity index (χ2n) is 7.11. The predicted octanol–water partition coefficient (Wildman–Crippen LogP) is 4.34. The summed E-state index contributed by atoms with van der Waals surface area (Å²) in [5.74, 6) is 0.461. The molecule has 0 radical (unpaired) electrons. The van der Waals surface area contributed by atoms with Crippen molar-refractivity contribution in [2.75, 3.05) is 0 Å². The van der Waals surface area contributed by atoms with Crippen molar-refractivity contribution in [3.05, 3.63) is 47.9 Å². The minimum absolute atomic E-state index is 0.0499. The number of aromatic nitrogens is 2. The van der Waals surface area contributed by atoms with Crippen molar-refractivity contribution in [2.45, 2.75) is 39.7 Å². The van der Waals surface area contributed by atoms with Crippen LogP contribution in [0.2, 0.25) is 0 Å². The number of benzene rings is 1. The van der Waals surface area contributed by atoms with Crippen molar-refractivity contribution in [3.8, 4) is 11.3 Å². The lowest BCUT2D eigenvalue weighted by Gasteiger charge is -2.45. The molecule has 3 nitrogen and oxygen atoms in total. The Morgan fingerprint density at radius 2 is 2.09 bits per heavy atom. The molecule has 118 valence electrons. The third-order valence-electron chi connectivity index (χ3n) is 5.67. The number of nitrogens with zero attached hydrogens (tertiary/aromatic N) is 2. The molecule has 1 saturated carbocycles. The predicted molar refractivity (Wildman–Crippen MR) is 91.8 cm³/mol. The van der Waals surface area contributed by atoms with Crippen molar-refractivity contribution in [2.24, 2.45) is 11.3 Å². The maximum atomic E-state index is 12.1. The molecule has 2 aromatic rings. The Kier molecular flexibility index (Phi) is 3.26. The summed E-state index contributed by atoms with van der Waals surface area (Å²) in [6.45, 7) is 4.87. The number of fused-ring (bicyclic) bond motifs is 2. The van der Waals surface area contributed by atoms with E-state index in [-0.39, 0.29) is 11.3 Å². The van der Waals surface area contributed by atoms with Gasteiger partial charge >= 0.3 is 0 Å². The third-order valence-corrected chi connectivity index (χ3v) is 5.67. The maximum Gasteiger partial charge on any atom is 0.133 e. The number of rotatable bonds is 2. The number of Topliss-reactive ketones (excluding diaryl/α,β-unsaturated/α-hetero) is 1. The van der Waals surface area contributed by atoms with Crippen LogP contribution in [0.25, 0.3) is 17.3 Å². The van der Waals surface area contributed by atoms with Gasteiger partial charge in [0.1, 0.15) is 5.78 Å². The molecule has 0 saturated heterocycles. The van der Waals surface area contributed by atoms with Gasteiger partial charge in [-0.25, -0.2) is 4.98 Å². The van der Waals surface area contributed by atoms with Gasteiger partial charge in [-0.15, -0.1) is 0 Å². The Bertz CT molecular complexity index is 787. The van der Waals surface area contributed by atoms with E-state index in [1.54, 1.807) is 6.92 Å². The van der Waals surface area contributed by atoms with E-state index < -0.39 is 0 Å². The fraction of sp³-hybridized carbons (Fsp3) is 0.400. The Balaban J connectivity index is 1.81. The Morgan fingerprint density at radius 3 is 2.83 bits per heavy atom. The fourth-order valence-corrected chi connectivity index (χ4v) is 4.43. The van der Waals surface area contributed by atoms with Gasteiger partial charge in [-0.3, -0.25) is 4.79 Å². The molecular weight excluding hydrogens is 284 g/mol. The number of imidazole rings is 1. The lowest BCUT2D eigenvalue weighted by Crippen LogP contribution is -2.42. The highest BCUT2D eigenvalue weighted by molar-refractivity contribution is 5.81. The van der Waals surface area contributed by atoms with Crippen LogP contribution in [-0.2, 0) is 11.3 Å². The summed E-state index contributed by atoms with van der Waals surface area (Å²) >= 11 is 0. The molecule has 1 fully saturated rings. The van der Waals surface area contributed by atoms with Crippen molar-refractivity contribution in [1.29, 1.82) is 0 Å². The summed E-state index contributed by atoms with van der Waals surface area (Å²) in [5.41, 5.74) is 4.76. The molecule has 1 aliphatic carbocycles. The van der Waals surface area contributed by atoms with Gasteiger partial charge < -0.3 is 4.57 Å². The molecule has 1 aromatic heterocycles. The van der Waals surface area contributed by atoms with Crippen LogP contribution in [0.4, 0.5) is 0 Å². The average molecular weight is 306 g/mol. The number of hydrogen-bond acceptors (Lipinski definition) is 2. The second kappa shape index (κ2) is 5.19.